The first-order valence-electron chi connectivity index (χ1n) is 7.53. The number of ketones is 2. The number of nitrogens with one attached hydrogen (secondary N) is 1. The molecule has 0 heterocycles. The van der Waals surface area contributed by atoms with E-state index in [2.05, 4.69) is 5.32 Å². The van der Waals surface area contributed by atoms with Crippen molar-refractivity contribution in [3.63, 3.8) is 0 Å². The quantitative estimate of drug-likeness (QED) is 0.760. The molecule has 2 rings (SSSR count). The molecule has 1 N–H and O–H groups in total. The summed E-state index contributed by atoms with van der Waals surface area (Å²) in [5.41, 5.74) is 1.41. The van der Waals surface area contributed by atoms with Crippen molar-refractivity contribution in [2.75, 3.05) is 20.8 Å². The van der Waals surface area contributed by atoms with Crippen LogP contribution in [-0.4, -0.2) is 32.3 Å². The first kappa shape index (κ1) is 18.3. The second-order valence-corrected chi connectivity index (χ2v) is 7.28. The molecule has 6 nitrogen and oxygen atoms in total. The third-order valence-corrected chi connectivity index (χ3v) is 5.15. The van der Waals surface area contributed by atoms with Crippen LogP contribution < -0.4 is 5.32 Å². The highest BCUT2D eigenvalue weighted by Gasteiger charge is 2.27. The minimum atomic E-state index is -3.35. The van der Waals surface area contributed by atoms with Gasteiger partial charge in [0.25, 0.3) is 0 Å². The number of carbonyl (C=O) groups excluding carboxylic acids is 2. The van der Waals surface area contributed by atoms with Crippen molar-refractivity contribution >= 4 is 25.2 Å². The molecule has 1 aliphatic carbocycles. The van der Waals surface area contributed by atoms with Crippen LogP contribution in [0.15, 0.2) is 35.8 Å². The summed E-state index contributed by atoms with van der Waals surface area (Å²) in [4.78, 5) is 25.0. The molecular weight excluding hydrogens is 329 g/mol. The van der Waals surface area contributed by atoms with Crippen molar-refractivity contribution in [2.45, 2.75) is 13.3 Å². The monoisotopic (exact) mass is 349 g/mol. The van der Waals surface area contributed by atoms with Crippen molar-refractivity contribution < 1.29 is 23.2 Å². The summed E-state index contributed by atoms with van der Waals surface area (Å²) in [6.45, 7) is 2.59. The molecule has 0 atom stereocenters. The molecule has 0 aliphatic heterocycles. The van der Waals surface area contributed by atoms with Gasteiger partial charge in [0.05, 0.1) is 5.70 Å². The summed E-state index contributed by atoms with van der Waals surface area (Å²) in [7, 11) is -0.797. The Morgan fingerprint density at radius 3 is 2.54 bits per heavy atom. The fraction of sp³-hybridized carbons (Fsp3) is 0.294. The zero-order chi connectivity index (χ0) is 17.7. The Bertz CT molecular complexity index is 758. The first-order chi connectivity index (χ1) is 11.5. The maximum absolute atomic E-state index is 12.5. The van der Waals surface area contributed by atoms with E-state index in [0.29, 0.717) is 28.9 Å². The Morgan fingerprint density at radius 1 is 1.21 bits per heavy atom. The predicted octanol–water partition coefficient (Wildman–Crippen LogP) is 3.41. The van der Waals surface area contributed by atoms with Crippen LogP contribution in [-0.2, 0) is 13.6 Å². The summed E-state index contributed by atoms with van der Waals surface area (Å²) < 4.78 is 21.8. The number of rotatable bonds is 7. The lowest BCUT2D eigenvalue weighted by Crippen LogP contribution is -2.27. The van der Waals surface area contributed by atoms with Crippen molar-refractivity contribution in [3.05, 3.63) is 52.5 Å². The highest BCUT2D eigenvalue weighted by atomic mass is 31.2. The van der Waals surface area contributed by atoms with E-state index < -0.39 is 7.60 Å². The van der Waals surface area contributed by atoms with E-state index in [1.165, 1.54) is 32.2 Å². The van der Waals surface area contributed by atoms with E-state index >= 15 is 0 Å². The first-order valence-corrected chi connectivity index (χ1v) is 9.15. The van der Waals surface area contributed by atoms with E-state index in [4.69, 9.17) is 9.05 Å². The molecule has 128 valence electrons. The Labute approximate surface area is 141 Å². The molecule has 0 radical (unpaired) electrons. The molecule has 0 spiro atoms. The van der Waals surface area contributed by atoms with E-state index in [1.54, 1.807) is 18.2 Å². The Hall–Kier alpha value is -2.01. The standard InChI is InChI=1S/C17H20NO5P/c1-4-9-18-14-11-15(19)16-12(6-5-7-13(16)17(14)20)8-10-24(21,22-2)23-3/h5-8,10-11,18H,4,9H2,1-3H3/b10-8+. The zero-order valence-electron chi connectivity index (χ0n) is 13.9. The third-order valence-electron chi connectivity index (χ3n) is 3.62. The molecule has 1 aromatic carbocycles. The fourth-order valence-corrected chi connectivity index (χ4v) is 3.08. The highest BCUT2D eigenvalue weighted by molar-refractivity contribution is 7.57. The Balaban J connectivity index is 2.42. The van der Waals surface area contributed by atoms with Gasteiger partial charge in [-0.15, -0.1) is 0 Å². The molecule has 0 amide bonds. The van der Waals surface area contributed by atoms with Gasteiger partial charge in [0, 0.05) is 43.8 Å². The van der Waals surface area contributed by atoms with Gasteiger partial charge in [-0.3, -0.25) is 14.2 Å². The van der Waals surface area contributed by atoms with Crippen LogP contribution >= 0.6 is 7.60 Å². The van der Waals surface area contributed by atoms with E-state index in [0.717, 1.165) is 6.42 Å². The Morgan fingerprint density at radius 2 is 1.92 bits per heavy atom. The molecule has 1 aromatic rings. The van der Waals surface area contributed by atoms with Gasteiger partial charge >= 0.3 is 7.60 Å². The maximum atomic E-state index is 12.5. The van der Waals surface area contributed by atoms with Crippen LogP contribution in [0.2, 0.25) is 0 Å². The van der Waals surface area contributed by atoms with E-state index in [1.807, 2.05) is 6.92 Å². The van der Waals surface area contributed by atoms with E-state index in [-0.39, 0.29) is 11.6 Å². The summed E-state index contributed by atoms with van der Waals surface area (Å²) >= 11 is 0. The van der Waals surface area contributed by atoms with Crippen LogP contribution in [0.3, 0.4) is 0 Å². The van der Waals surface area contributed by atoms with Gasteiger partial charge in [-0.05, 0) is 18.1 Å². The summed E-state index contributed by atoms with van der Waals surface area (Å²) in [6.07, 6.45) is 3.64. The predicted molar refractivity (Wildman–Crippen MR) is 92.1 cm³/mol. The lowest BCUT2D eigenvalue weighted by molar-refractivity contribution is 0.0978. The number of fused-ring (bicyclic) bond motifs is 1. The molecule has 7 heteroatoms. The normalized spacial score (nSPS) is 14.7. The second kappa shape index (κ2) is 7.71. The number of hydrogen-bond donors (Lipinski definition) is 1. The van der Waals surface area contributed by atoms with Crippen molar-refractivity contribution in [2.24, 2.45) is 0 Å². The average Bonchev–Trinajstić information content (AvgIpc) is 2.61. The number of Topliss-reactive ketones (excluding diaryl/α,β-unsaturated/α-hetero) is 1. The van der Waals surface area contributed by atoms with Gasteiger partial charge < -0.3 is 14.4 Å². The van der Waals surface area contributed by atoms with Crippen LogP contribution in [0.4, 0.5) is 0 Å². The second-order valence-electron chi connectivity index (χ2n) is 5.17. The van der Waals surface area contributed by atoms with Gasteiger partial charge in [0.2, 0.25) is 5.78 Å². The smallest absolute Gasteiger partial charge is 0.353 e. The summed E-state index contributed by atoms with van der Waals surface area (Å²) in [5, 5.41) is 2.97. The fourth-order valence-electron chi connectivity index (χ4n) is 2.35. The Kier molecular flexibility index (Phi) is 5.89. The van der Waals surface area contributed by atoms with Gasteiger partial charge in [0.1, 0.15) is 0 Å². The molecule has 0 unspecified atom stereocenters. The maximum Gasteiger partial charge on any atom is 0.353 e. The molecule has 1 aliphatic rings. The number of benzene rings is 1. The molecule has 24 heavy (non-hydrogen) atoms. The SMILES string of the molecule is CCCNC1=CC(=O)c2c(/C=C/P(=O)(OC)OC)cccc2C1=O. The van der Waals surface area contributed by atoms with Crippen LogP contribution in [0.25, 0.3) is 6.08 Å². The topological polar surface area (TPSA) is 81.7 Å². The highest BCUT2D eigenvalue weighted by Crippen LogP contribution is 2.48. The molecule has 0 bridgehead atoms. The third kappa shape index (κ3) is 3.73. The van der Waals surface area contributed by atoms with Gasteiger partial charge in [-0.25, -0.2) is 0 Å². The van der Waals surface area contributed by atoms with Crippen molar-refractivity contribution in [1.82, 2.24) is 5.32 Å². The van der Waals surface area contributed by atoms with Crippen molar-refractivity contribution in [1.29, 1.82) is 0 Å². The molecule has 0 fully saturated rings. The summed E-state index contributed by atoms with van der Waals surface area (Å²) in [5.74, 6) is 0.776. The van der Waals surface area contributed by atoms with Gasteiger partial charge in [-0.1, -0.05) is 25.1 Å². The zero-order valence-corrected chi connectivity index (χ0v) is 14.8. The average molecular weight is 349 g/mol. The minimum Gasteiger partial charge on any atom is -0.382 e. The van der Waals surface area contributed by atoms with Crippen LogP contribution in [0, 0.1) is 0 Å². The number of hydrogen-bond acceptors (Lipinski definition) is 6. The molecule has 0 aromatic heterocycles. The molecule has 0 saturated heterocycles. The molecular formula is C17H20NO5P. The van der Waals surface area contributed by atoms with Gasteiger partial charge in [-0.2, -0.15) is 0 Å². The van der Waals surface area contributed by atoms with Crippen molar-refractivity contribution in [3.8, 4) is 0 Å². The van der Waals surface area contributed by atoms with E-state index in [9.17, 15) is 14.2 Å². The van der Waals surface area contributed by atoms with Crippen LogP contribution in [0.1, 0.15) is 39.6 Å². The number of carbonyl (C=O) groups is 2. The largest absolute Gasteiger partial charge is 0.382 e. The summed E-state index contributed by atoms with van der Waals surface area (Å²) in [6, 6.07) is 4.96. The lowest BCUT2D eigenvalue weighted by Gasteiger charge is -2.18. The van der Waals surface area contributed by atoms with Crippen LogP contribution in [0.5, 0.6) is 0 Å². The van der Waals surface area contributed by atoms with Gasteiger partial charge in [0.15, 0.2) is 5.78 Å². The minimum absolute atomic E-state index is 0.227. The molecule has 0 saturated carbocycles. The number of allylic oxidation sites excluding steroid dienone is 2. The lowest BCUT2D eigenvalue weighted by atomic mass is 9.89.